The molecule has 3 nitrogen and oxygen atoms in total. The Hall–Kier alpha value is -1.12. The van der Waals surface area contributed by atoms with Crippen LogP contribution in [0.4, 0.5) is 0 Å². The molecule has 0 amide bonds. The topological polar surface area (TPSA) is 43.4 Å². The first kappa shape index (κ1) is 15.8. The average molecular weight is 367 g/mol. The average Bonchev–Trinajstić information content (AvgIpc) is 3.53. The van der Waals surface area contributed by atoms with Gasteiger partial charge < -0.3 is 4.74 Å². The van der Waals surface area contributed by atoms with E-state index < -0.39 is 0 Å². The molecule has 7 rings (SSSR count). The molecule has 0 bridgehead atoms. The van der Waals surface area contributed by atoms with Crippen LogP contribution in [-0.4, -0.2) is 17.4 Å². The van der Waals surface area contributed by atoms with Gasteiger partial charge in [-0.05, 0) is 85.5 Å². The van der Waals surface area contributed by atoms with Crippen LogP contribution in [0.1, 0.15) is 65.2 Å². The lowest BCUT2D eigenvalue weighted by atomic mass is 9.45. The number of ketones is 1. The third-order valence-electron chi connectivity index (χ3n) is 10.9. The lowest BCUT2D eigenvalue weighted by molar-refractivity contribution is -0.177. The van der Waals surface area contributed by atoms with E-state index >= 15 is 0 Å². The number of hydrogen-bond acceptors (Lipinski definition) is 3. The lowest BCUT2D eigenvalue weighted by Gasteiger charge is -2.60. The molecule has 3 heteroatoms. The lowest BCUT2D eigenvalue weighted by Crippen LogP contribution is -2.57. The minimum atomic E-state index is -0.131. The van der Waals surface area contributed by atoms with Crippen molar-refractivity contribution in [3.63, 3.8) is 0 Å². The number of allylic oxidation sites excluding steroid dienone is 1. The summed E-state index contributed by atoms with van der Waals surface area (Å²) in [6.45, 7) is 4.99. The molecule has 5 saturated carbocycles. The zero-order valence-electron chi connectivity index (χ0n) is 16.5. The second-order valence-corrected chi connectivity index (χ2v) is 11.5. The Balaban J connectivity index is 1.33. The smallest absolute Gasteiger partial charge is 0.306 e. The molecule has 144 valence electrons. The van der Waals surface area contributed by atoms with Gasteiger partial charge in [0.1, 0.15) is 5.60 Å². The normalized spacial score (nSPS) is 62.0. The molecule has 10 atom stereocenters. The second-order valence-electron chi connectivity index (χ2n) is 11.5. The fraction of sp³-hybridized carbons (Fsp3) is 0.833. The summed E-state index contributed by atoms with van der Waals surface area (Å²) in [5.41, 5.74) is 1.85. The monoisotopic (exact) mass is 366 g/mol. The van der Waals surface area contributed by atoms with Gasteiger partial charge >= 0.3 is 5.97 Å². The molecule has 7 unspecified atom stereocenters. The fourth-order valence-corrected chi connectivity index (χ4v) is 9.74. The van der Waals surface area contributed by atoms with E-state index in [0.717, 1.165) is 48.9 Å². The first-order valence-electron chi connectivity index (χ1n) is 11.4. The number of ether oxygens (including phenoxy) is 1. The Labute approximate surface area is 161 Å². The van der Waals surface area contributed by atoms with Gasteiger partial charge in [0.25, 0.3) is 0 Å². The number of fused-ring (bicyclic) bond motifs is 12. The number of hydrogen-bond donors (Lipinski definition) is 0. The SMILES string of the molecule is CC12CCC(=O)C=C1[C@@H]1C[C@@H]1C1C2CCC2(C)C1C1C[C@@H]1C21CCC(=O)O1. The standard InChI is InChI=1S/C24H30O3/c1-22-6-3-12(25)9-17(22)13-10-14(13)20-16(22)4-7-23(2)21(20)15-11-18(15)24(23)8-5-19(26)27-24/h9,13-16,18,20-21H,3-8,10-11H2,1-2H3/t13-,14+,15?,16?,18+,20?,21?,22?,23?,24?/m1/s1. The molecule has 1 spiro atoms. The van der Waals surface area contributed by atoms with Gasteiger partial charge in [-0.1, -0.05) is 19.4 Å². The highest BCUT2D eigenvalue weighted by atomic mass is 16.6. The predicted octanol–water partition coefficient (Wildman–Crippen LogP) is 4.31. The molecule has 0 radical (unpaired) electrons. The van der Waals surface area contributed by atoms with Crippen molar-refractivity contribution in [3.8, 4) is 0 Å². The van der Waals surface area contributed by atoms with Crippen LogP contribution in [0, 0.1) is 52.3 Å². The summed E-state index contributed by atoms with van der Waals surface area (Å²) in [5.74, 6) is 5.65. The van der Waals surface area contributed by atoms with Crippen LogP contribution in [0.25, 0.3) is 0 Å². The third-order valence-corrected chi connectivity index (χ3v) is 10.9. The zero-order valence-corrected chi connectivity index (χ0v) is 16.5. The molecule has 0 aromatic carbocycles. The molecular weight excluding hydrogens is 336 g/mol. The Morgan fingerprint density at radius 2 is 1.85 bits per heavy atom. The Morgan fingerprint density at radius 1 is 1.00 bits per heavy atom. The Kier molecular flexibility index (Phi) is 2.56. The fourth-order valence-electron chi connectivity index (χ4n) is 9.74. The maximum absolute atomic E-state index is 12.2. The molecule has 1 aliphatic heterocycles. The van der Waals surface area contributed by atoms with E-state index in [4.69, 9.17) is 4.74 Å². The maximum Gasteiger partial charge on any atom is 0.306 e. The number of carbonyl (C=O) groups is 2. The van der Waals surface area contributed by atoms with Crippen molar-refractivity contribution in [1.82, 2.24) is 0 Å². The summed E-state index contributed by atoms with van der Waals surface area (Å²) in [6, 6.07) is 0. The second kappa shape index (κ2) is 4.39. The molecule has 6 aliphatic carbocycles. The van der Waals surface area contributed by atoms with Crippen molar-refractivity contribution in [2.75, 3.05) is 0 Å². The van der Waals surface area contributed by atoms with Crippen LogP contribution in [0.5, 0.6) is 0 Å². The summed E-state index contributed by atoms with van der Waals surface area (Å²) in [6.07, 6.45) is 10.6. The summed E-state index contributed by atoms with van der Waals surface area (Å²) in [5, 5.41) is 0. The molecular formula is C24H30O3. The van der Waals surface area contributed by atoms with Crippen LogP contribution in [-0.2, 0) is 14.3 Å². The van der Waals surface area contributed by atoms with E-state index in [-0.39, 0.29) is 22.4 Å². The van der Waals surface area contributed by atoms with Gasteiger partial charge in [-0.2, -0.15) is 0 Å². The summed E-state index contributed by atoms with van der Waals surface area (Å²) in [4.78, 5) is 24.3. The summed E-state index contributed by atoms with van der Waals surface area (Å²) in [7, 11) is 0. The van der Waals surface area contributed by atoms with Gasteiger partial charge in [-0.25, -0.2) is 0 Å². The van der Waals surface area contributed by atoms with Crippen molar-refractivity contribution < 1.29 is 14.3 Å². The van der Waals surface area contributed by atoms with Gasteiger partial charge in [0, 0.05) is 24.2 Å². The first-order chi connectivity index (χ1) is 12.9. The van der Waals surface area contributed by atoms with E-state index in [9.17, 15) is 9.59 Å². The zero-order chi connectivity index (χ0) is 18.3. The van der Waals surface area contributed by atoms with E-state index in [2.05, 4.69) is 19.9 Å². The minimum absolute atomic E-state index is 0.0561. The van der Waals surface area contributed by atoms with E-state index in [0.29, 0.717) is 24.0 Å². The minimum Gasteiger partial charge on any atom is -0.458 e. The molecule has 0 aromatic rings. The van der Waals surface area contributed by atoms with Crippen molar-refractivity contribution in [2.45, 2.75) is 70.8 Å². The third kappa shape index (κ3) is 1.58. The summed E-state index contributed by atoms with van der Waals surface area (Å²) < 4.78 is 6.22. The number of esters is 1. The highest BCUT2D eigenvalue weighted by molar-refractivity contribution is 5.92. The largest absolute Gasteiger partial charge is 0.458 e. The van der Waals surface area contributed by atoms with Crippen LogP contribution in [0.2, 0.25) is 0 Å². The van der Waals surface area contributed by atoms with Crippen LogP contribution < -0.4 is 0 Å². The Bertz CT molecular complexity index is 827. The van der Waals surface area contributed by atoms with Crippen LogP contribution in [0.3, 0.4) is 0 Å². The highest BCUT2D eigenvalue weighted by Crippen LogP contribution is 2.82. The van der Waals surface area contributed by atoms with Crippen molar-refractivity contribution in [3.05, 3.63) is 11.6 Å². The molecule has 6 fully saturated rings. The van der Waals surface area contributed by atoms with Crippen LogP contribution >= 0.6 is 0 Å². The Morgan fingerprint density at radius 3 is 2.63 bits per heavy atom. The van der Waals surface area contributed by atoms with Gasteiger partial charge in [0.15, 0.2) is 5.78 Å². The van der Waals surface area contributed by atoms with Crippen molar-refractivity contribution >= 4 is 11.8 Å². The van der Waals surface area contributed by atoms with Crippen molar-refractivity contribution in [1.29, 1.82) is 0 Å². The van der Waals surface area contributed by atoms with Gasteiger partial charge in [0.2, 0.25) is 0 Å². The first-order valence-corrected chi connectivity index (χ1v) is 11.4. The van der Waals surface area contributed by atoms with E-state index in [1.165, 1.54) is 31.3 Å². The molecule has 0 aromatic heterocycles. The van der Waals surface area contributed by atoms with Crippen LogP contribution in [0.15, 0.2) is 11.6 Å². The number of rotatable bonds is 0. The molecule has 27 heavy (non-hydrogen) atoms. The highest BCUT2D eigenvalue weighted by Gasteiger charge is 2.81. The number of carbonyl (C=O) groups excluding carboxylic acids is 2. The maximum atomic E-state index is 12.2. The molecule has 7 aliphatic rings. The quantitative estimate of drug-likeness (QED) is 0.600. The van der Waals surface area contributed by atoms with Gasteiger partial charge in [-0.15, -0.1) is 0 Å². The molecule has 1 saturated heterocycles. The van der Waals surface area contributed by atoms with E-state index in [1.807, 2.05) is 0 Å². The molecule has 1 heterocycles. The van der Waals surface area contributed by atoms with E-state index in [1.54, 1.807) is 0 Å². The predicted molar refractivity (Wildman–Crippen MR) is 99.5 cm³/mol. The van der Waals surface area contributed by atoms with Crippen molar-refractivity contribution in [2.24, 2.45) is 52.3 Å². The van der Waals surface area contributed by atoms with Gasteiger partial charge in [-0.3, -0.25) is 9.59 Å². The van der Waals surface area contributed by atoms with Gasteiger partial charge in [0.05, 0.1) is 0 Å². The summed E-state index contributed by atoms with van der Waals surface area (Å²) >= 11 is 0. The molecule has 0 N–H and O–H groups in total.